The second-order valence-electron chi connectivity index (χ2n) is 4.07. The van der Waals surface area contributed by atoms with Gasteiger partial charge in [-0.25, -0.2) is 4.79 Å². The van der Waals surface area contributed by atoms with Gasteiger partial charge in [-0.2, -0.15) is 15.0 Å². The topological polar surface area (TPSA) is 57.0 Å². The molecule has 0 spiro atoms. The van der Waals surface area contributed by atoms with E-state index in [0.29, 0.717) is 13.0 Å². The quantitative estimate of drug-likeness (QED) is 0.761. The van der Waals surface area contributed by atoms with Crippen molar-refractivity contribution in [2.24, 2.45) is 0 Å². The largest absolute Gasteiger partial charge is 0.464 e. The fourth-order valence-electron chi connectivity index (χ4n) is 1.86. The normalized spacial score (nSPS) is 12.6. The average molecular weight is 247 g/mol. The first-order chi connectivity index (χ1) is 8.76. The van der Waals surface area contributed by atoms with Crippen molar-refractivity contribution in [3.63, 3.8) is 0 Å². The summed E-state index contributed by atoms with van der Waals surface area (Å²) >= 11 is 0. The molecule has 0 aliphatic carbocycles. The SMILES string of the molecule is CCCC(C(=O)OCC)n1nc2ccccc2n1. The van der Waals surface area contributed by atoms with E-state index >= 15 is 0 Å². The van der Waals surface area contributed by atoms with E-state index in [1.807, 2.05) is 31.2 Å². The van der Waals surface area contributed by atoms with Crippen molar-refractivity contribution in [3.05, 3.63) is 24.3 Å². The molecule has 5 heteroatoms. The van der Waals surface area contributed by atoms with E-state index in [1.54, 1.807) is 6.92 Å². The molecule has 2 aromatic rings. The van der Waals surface area contributed by atoms with E-state index in [9.17, 15) is 4.79 Å². The number of nitrogens with zero attached hydrogens (tertiary/aromatic N) is 3. The molecule has 0 aliphatic rings. The first kappa shape index (κ1) is 12.5. The van der Waals surface area contributed by atoms with Crippen LogP contribution in [-0.4, -0.2) is 27.6 Å². The second-order valence-corrected chi connectivity index (χ2v) is 4.07. The Balaban J connectivity index is 2.32. The molecule has 1 unspecified atom stereocenters. The van der Waals surface area contributed by atoms with Gasteiger partial charge in [0.05, 0.1) is 6.61 Å². The van der Waals surface area contributed by atoms with Crippen LogP contribution in [0.5, 0.6) is 0 Å². The van der Waals surface area contributed by atoms with Crippen molar-refractivity contribution in [2.45, 2.75) is 32.7 Å². The lowest BCUT2D eigenvalue weighted by Crippen LogP contribution is -2.24. The summed E-state index contributed by atoms with van der Waals surface area (Å²) in [7, 11) is 0. The Hall–Kier alpha value is -1.91. The number of esters is 1. The highest BCUT2D eigenvalue weighted by molar-refractivity contribution is 5.76. The minimum absolute atomic E-state index is 0.264. The molecule has 1 aromatic carbocycles. The molecular formula is C13H17N3O2. The molecule has 0 saturated heterocycles. The summed E-state index contributed by atoms with van der Waals surface area (Å²) in [5.41, 5.74) is 1.59. The van der Waals surface area contributed by atoms with Crippen LogP contribution in [0.25, 0.3) is 11.0 Å². The van der Waals surface area contributed by atoms with Gasteiger partial charge in [0, 0.05) is 0 Å². The number of carbonyl (C=O) groups excluding carboxylic acids is 1. The van der Waals surface area contributed by atoms with Gasteiger partial charge in [0.1, 0.15) is 11.0 Å². The molecule has 1 atom stereocenters. The van der Waals surface area contributed by atoms with E-state index in [4.69, 9.17) is 4.74 Å². The van der Waals surface area contributed by atoms with E-state index in [2.05, 4.69) is 10.2 Å². The van der Waals surface area contributed by atoms with Crippen LogP contribution in [-0.2, 0) is 9.53 Å². The summed E-state index contributed by atoms with van der Waals surface area (Å²) in [4.78, 5) is 13.4. The van der Waals surface area contributed by atoms with Crippen molar-refractivity contribution in [3.8, 4) is 0 Å². The Bertz CT molecular complexity index is 503. The number of ether oxygens (including phenoxy) is 1. The first-order valence-electron chi connectivity index (χ1n) is 6.24. The molecule has 0 radical (unpaired) electrons. The van der Waals surface area contributed by atoms with E-state index < -0.39 is 6.04 Å². The van der Waals surface area contributed by atoms with E-state index in [-0.39, 0.29) is 5.97 Å². The summed E-state index contributed by atoms with van der Waals surface area (Å²) in [6.07, 6.45) is 1.56. The molecule has 0 N–H and O–H groups in total. The Morgan fingerprint density at radius 1 is 1.28 bits per heavy atom. The number of carbonyl (C=O) groups is 1. The highest BCUT2D eigenvalue weighted by atomic mass is 16.5. The van der Waals surface area contributed by atoms with Crippen LogP contribution in [0.15, 0.2) is 24.3 Å². The Morgan fingerprint density at radius 2 is 1.89 bits per heavy atom. The molecule has 2 rings (SSSR count). The van der Waals surface area contributed by atoms with E-state index in [1.165, 1.54) is 4.80 Å². The van der Waals surface area contributed by atoms with Gasteiger partial charge >= 0.3 is 5.97 Å². The van der Waals surface area contributed by atoms with Gasteiger partial charge in [-0.05, 0) is 25.5 Å². The zero-order valence-corrected chi connectivity index (χ0v) is 10.7. The highest BCUT2D eigenvalue weighted by Crippen LogP contribution is 2.17. The van der Waals surface area contributed by atoms with Crippen LogP contribution in [0.2, 0.25) is 0 Å². The van der Waals surface area contributed by atoms with Gasteiger partial charge in [-0.15, -0.1) is 0 Å². The smallest absolute Gasteiger partial charge is 0.332 e. The number of hydrogen-bond acceptors (Lipinski definition) is 4. The van der Waals surface area contributed by atoms with Crippen LogP contribution in [0.3, 0.4) is 0 Å². The van der Waals surface area contributed by atoms with Crippen LogP contribution in [0.4, 0.5) is 0 Å². The fraction of sp³-hybridized carbons (Fsp3) is 0.462. The van der Waals surface area contributed by atoms with Gasteiger partial charge in [-0.3, -0.25) is 0 Å². The molecule has 0 bridgehead atoms. The van der Waals surface area contributed by atoms with Crippen molar-refractivity contribution in [1.82, 2.24) is 15.0 Å². The van der Waals surface area contributed by atoms with Gasteiger partial charge < -0.3 is 4.74 Å². The lowest BCUT2D eigenvalue weighted by atomic mass is 10.2. The third-order valence-electron chi connectivity index (χ3n) is 2.70. The summed E-state index contributed by atoms with van der Waals surface area (Å²) < 4.78 is 5.07. The minimum Gasteiger partial charge on any atom is -0.464 e. The lowest BCUT2D eigenvalue weighted by Gasteiger charge is -2.13. The van der Waals surface area contributed by atoms with E-state index in [0.717, 1.165) is 17.5 Å². The maximum Gasteiger partial charge on any atom is 0.332 e. The molecule has 0 amide bonds. The zero-order chi connectivity index (χ0) is 13.0. The second kappa shape index (κ2) is 5.62. The van der Waals surface area contributed by atoms with Gasteiger partial charge in [0.15, 0.2) is 6.04 Å². The zero-order valence-electron chi connectivity index (χ0n) is 10.7. The summed E-state index contributed by atoms with van der Waals surface area (Å²) in [6, 6.07) is 7.14. The van der Waals surface area contributed by atoms with Gasteiger partial charge in [-0.1, -0.05) is 25.5 Å². The number of fused-ring (bicyclic) bond motifs is 1. The molecular weight excluding hydrogens is 230 g/mol. The van der Waals surface area contributed by atoms with Crippen LogP contribution < -0.4 is 0 Å². The first-order valence-corrected chi connectivity index (χ1v) is 6.24. The number of rotatable bonds is 5. The Morgan fingerprint density at radius 3 is 2.39 bits per heavy atom. The van der Waals surface area contributed by atoms with Crippen LogP contribution >= 0.6 is 0 Å². The molecule has 1 aromatic heterocycles. The summed E-state index contributed by atoms with van der Waals surface area (Å²) in [5, 5.41) is 8.68. The Labute approximate surface area is 106 Å². The predicted molar refractivity (Wildman–Crippen MR) is 68.1 cm³/mol. The third-order valence-corrected chi connectivity index (χ3v) is 2.70. The van der Waals surface area contributed by atoms with Crippen molar-refractivity contribution in [2.75, 3.05) is 6.61 Å². The molecule has 18 heavy (non-hydrogen) atoms. The number of benzene rings is 1. The number of hydrogen-bond donors (Lipinski definition) is 0. The lowest BCUT2D eigenvalue weighted by molar-refractivity contribution is -0.148. The van der Waals surface area contributed by atoms with Crippen molar-refractivity contribution < 1.29 is 9.53 Å². The third kappa shape index (κ3) is 2.50. The molecule has 0 fully saturated rings. The van der Waals surface area contributed by atoms with Crippen LogP contribution in [0, 0.1) is 0 Å². The fourth-order valence-corrected chi connectivity index (χ4v) is 1.86. The summed E-state index contributed by atoms with van der Waals surface area (Å²) in [6.45, 7) is 4.20. The van der Waals surface area contributed by atoms with Gasteiger partial charge in [0.25, 0.3) is 0 Å². The number of aromatic nitrogens is 3. The molecule has 0 saturated carbocycles. The van der Waals surface area contributed by atoms with Crippen molar-refractivity contribution in [1.29, 1.82) is 0 Å². The molecule has 96 valence electrons. The molecule has 5 nitrogen and oxygen atoms in total. The molecule has 1 heterocycles. The Kier molecular flexibility index (Phi) is 3.92. The predicted octanol–water partition coefficient (Wildman–Crippen LogP) is 2.34. The molecule has 0 aliphatic heterocycles. The van der Waals surface area contributed by atoms with Crippen molar-refractivity contribution >= 4 is 17.0 Å². The summed E-state index contributed by atoms with van der Waals surface area (Å²) in [5.74, 6) is -0.264. The average Bonchev–Trinajstić information content (AvgIpc) is 2.79. The van der Waals surface area contributed by atoms with Crippen LogP contribution in [0.1, 0.15) is 32.7 Å². The maximum absolute atomic E-state index is 11.9. The highest BCUT2D eigenvalue weighted by Gasteiger charge is 2.23. The maximum atomic E-state index is 11.9. The minimum atomic E-state index is -0.428. The van der Waals surface area contributed by atoms with Gasteiger partial charge in [0.2, 0.25) is 0 Å². The monoisotopic (exact) mass is 247 g/mol. The standard InChI is InChI=1S/C13H17N3O2/c1-3-7-12(13(17)18-4-2)16-14-10-8-5-6-9-11(10)15-16/h5-6,8-9,12H,3-4,7H2,1-2H3.